The molecule has 9 heteroatoms. The van der Waals surface area contributed by atoms with E-state index in [9.17, 15) is 9.59 Å². The van der Waals surface area contributed by atoms with Crippen LogP contribution in [0.5, 0.6) is 0 Å². The zero-order valence-electron chi connectivity index (χ0n) is 21.0. The lowest BCUT2D eigenvalue weighted by atomic mass is 9.73. The van der Waals surface area contributed by atoms with Crippen LogP contribution in [0.2, 0.25) is 0 Å². The van der Waals surface area contributed by atoms with Crippen molar-refractivity contribution in [3.05, 3.63) is 59.7 Å². The summed E-state index contributed by atoms with van der Waals surface area (Å²) in [6, 6.07) is 16.9. The molecule has 1 saturated heterocycles. The molecule has 2 N–H and O–H groups in total. The first kappa shape index (κ1) is 27.6. The van der Waals surface area contributed by atoms with Crippen LogP contribution in [0.15, 0.2) is 48.5 Å². The lowest BCUT2D eigenvalue weighted by Crippen LogP contribution is -2.59. The number of carbonyl (C=O) groups is 2. The van der Waals surface area contributed by atoms with Gasteiger partial charge in [-0.15, -0.1) is 27.7 Å². The number of likely N-dealkylation sites (tertiary alicyclic amines) is 1. The normalized spacial score (nSPS) is 16.7. The minimum absolute atomic E-state index is 0.0541. The Labute approximate surface area is 221 Å². The highest BCUT2D eigenvalue weighted by molar-refractivity contribution is 7.57. The fraction of sp³-hybridized carbons (Fsp3) is 0.481. The lowest BCUT2D eigenvalue weighted by Gasteiger charge is -2.40. The van der Waals surface area contributed by atoms with Crippen LogP contribution < -0.4 is 10.6 Å². The first-order valence-electron chi connectivity index (χ1n) is 12.6. The minimum Gasteiger partial charge on any atom is -0.384 e. The smallest absolute Gasteiger partial charge is 0.235 e. The first-order chi connectivity index (χ1) is 17.2. The molecule has 3 unspecified atom stereocenters. The summed E-state index contributed by atoms with van der Waals surface area (Å²) in [6.07, 6.45) is 3.11. The van der Waals surface area contributed by atoms with Crippen LogP contribution >= 0.6 is 27.7 Å². The Morgan fingerprint density at radius 2 is 1.64 bits per heavy atom. The Balaban J connectivity index is 1.42. The van der Waals surface area contributed by atoms with Gasteiger partial charge >= 0.3 is 0 Å². The van der Waals surface area contributed by atoms with Crippen molar-refractivity contribution >= 4 is 39.5 Å². The topological polar surface area (TPSA) is 70.7 Å². The largest absolute Gasteiger partial charge is 0.384 e. The van der Waals surface area contributed by atoms with Crippen molar-refractivity contribution in [1.29, 1.82) is 0 Å². The van der Waals surface area contributed by atoms with Gasteiger partial charge in [-0.25, -0.2) is 0 Å². The van der Waals surface area contributed by atoms with E-state index in [2.05, 4.69) is 79.7 Å². The van der Waals surface area contributed by atoms with Gasteiger partial charge in [-0.05, 0) is 41.6 Å². The van der Waals surface area contributed by atoms with Gasteiger partial charge in [-0.2, -0.15) is 0 Å². The van der Waals surface area contributed by atoms with Crippen LogP contribution in [0.1, 0.15) is 36.8 Å². The third kappa shape index (κ3) is 6.17. The molecule has 0 saturated carbocycles. The van der Waals surface area contributed by atoms with E-state index in [1.54, 1.807) is 7.11 Å². The number of carbonyl (C=O) groups excluding carboxylic acids is 2. The number of unbranched alkanes of at least 4 members (excludes halogenated alkanes) is 1. The molecule has 0 aromatic heterocycles. The first-order valence-corrected chi connectivity index (χ1v) is 14.3. The van der Waals surface area contributed by atoms with Crippen LogP contribution in [0.25, 0.3) is 11.1 Å². The van der Waals surface area contributed by atoms with Gasteiger partial charge in [0.1, 0.15) is 5.41 Å². The predicted molar refractivity (Wildman–Crippen MR) is 156 cm³/mol. The van der Waals surface area contributed by atoms with E-state index in [1.807, 2.05) is 12.1 Å². The third-order valence-electron chi connectivity index (χ3n) is 7.14. The highest BCUT2D eigenvalue weighted by Gasteiger charge is 2.48. The third-order valence-corrected chi connectivity index (χ3v) is 7.75. The molecule has 194 valence electrons. The minimum atomic E-state index is -0.689. The van der Waals surface area contributed by atoms with E-state index >= 15 is 0 Å². The summed E-state index contributed by atoms with van der Waals surface area (Å²) in [5, 5.41) is 6.30. The molecular formula is C27H38N3O3P3. The average molecular weight is 546 g/mol. The maximum Gasteiger partial charge on any atom is 0.235 e. The lowest BCUT2D eigenvalue weighted by molar-refractivity contribution is -0.125. The van der Waals surface area contributed by atoms with Gasteiger partial charge in [-0.3, -0.25) is 14.5 Å². The zero-order valence-corrected chi connectivity index (χ0v) is 24.4. The van der Waals surface area contributed by atoms with E-state index in [-0.39, 0.29) is 22.5 Å². The van der Waals surface area contributed by atoms with Crippen LogP contribution in [0, 0.1) is 0 Å². The molecule has 36 heavy (non-hydrogen) atoms. The van der Waals surface area contributed by atoms with Crippen LogP contribution in [-0.4, -0.2) is 67.3 Å². The van der Waals surface area contributed by atoms with Crippen molar-refractivity contribution in [1.82, 2.24) is 15.5 Å². The Morgan fingerprint density at radius 1 is 1.03 bits per heavy atom. The number of hydrogen-bond donors (Lipinski definition) is 2. The second-order valence-electron chi connectivity index (χ2n) is 10.0. The van der Waals surface area contributed by atoms with Crippen molar-refractivity contribution in [3.63, 3.8) is 0 Å². The Kier molecular flexibility index (Phi) is 9.18. The number of benzene rings is 2. The molecule has 1 aliphatic carbocycles. The second kappa shape index (κ2) is 12.0. The highest BCUT2D eigenvalue weighted by atomic mass is 31.1. The summed E-state index contributed by atoms with van der Waals surface area (Å²) >= 11 is 0. The van der Waals surface area contributed by atoms with Crippen LogP contribution in [-0.2, 0) is 19.7 Å². The Morgan fingerprint density at radius 3 is 2.22 bits per heavy atom. The van der Waals surface area contributed by atoms with Gasteiger partial charge in [0.25, 0.3) is 0 Å². The maximum atomic E-state index is 14.0. The molecule has 6 nitrogen and oxygen atoms in total. The number of fused-ring (bicyclic) bond motifs is 3. The molecule has 3 atom stereocenters. The molecule has 0 bridgehead atoms. The Hall–Kier alpha value is -1.41. The van der Waals surface area contributed by atoms with Gasteiger partial charge in [0.2, 0.25) is 11.8 Å². The zero-order chi connectivity index (χ0) is 25.8. The molecule has 2 aliphatic rings. The average Bonchev–Trinajstić information content (AvgIpc) is 3.12. The molecule has 0 spiro atoms. The number of hydrogen-bond acceptors (Lipinski definition) is 4. The van der Waals surface area contributed by atoms with Gasteiger partial charge in [0, 0.05) is 37.8 Å². The number of nitrogens with one attached hydrogen (secondary N) is 2. The molecule has 4 rings (SSSR count). The van der Waals surface area contributed by atoms with Gasteiger partial charge in [0.15, 0.2) is 0 Å². The molecule has 1 aliphatic heterocycles. The summed E-state index contributed by atoms with van der Waals surface area (Å²) in [7, 11) is 9.86. The highest BCUT2D eigenvalue weighted by Crippen LogP contribution is 2.51. The summed E-state index contributed by atoms with van der Waals surface area (Å²) < 4.78 is 4.74. The van der Waals surface area contributed by atoms with Gasteiger partial charge < -0.3 is 15.4 Å². The standard InChI is InChI=1S/C27H38N3O3P3/c1-33-15-12-24(31)29-19-16-30(17-19)14-7-6-13-26(25(32)28-18-27(34,35)36)22-10-4-2-8-20(22)21-9-3-5-11-23(21)26/h2-5,8-11,19H,6-7,12-18,34-36H2,1H3,(H,28,32)(H,29,31). The van der Waals surface area contributed by atoms with Crippen molar-refractivity contribution in [2.75, 3.05) is 39.9 Å². The number of ether oxygens (including phenoxy) is 1. The number of rotatable bonds is 12. The number of nitrogens with zero attached hydrogens (tertiary/aromatic N) is 1. The van der Waals surface area contributed by atoms with Crippen molar-refractivity contribution in [3.8, 4) is 11.1 Å². The molecule has 0 radical (unpaired) electrons. The fourth-order valence-electron chi connectivity index (χ4n) is 5.40. The van der Waals surface area contributed by atoms with Crippen molar-refractivity contribution in [2.45, 2.75) is 41.8 Å². The van der Waals surface area contributed by atoms with E-state index in [1.165, 1.54) is 0 Å². The van der Waals surface area contributed by atoms with Crippen LogP contribution in [0.4, 0.5) is 0 Å². The summed E-state index contributed by atoms with van der Waals surface area (Å²) in [6.45, 7) is 3.72. The fourth-order valence-corrected chi connectivity index (χ4v) is 5.71. The van der Waals surface area contributed by atoms with Gasteiger partial charge in [0.05, 0.1) is 12.6 Å². The molecule has 2 aromatic carbocycles. The summed E-state index contributed by atoms with van der Waals surface area (Å²) in [4.78, 5) is 28.2. The van der Waals surface area contributed by atoms with E-state index < -0.39 is 5.41 Å². The summed E-state index contributed by atoms with van der Waals surface area (Å²) in [5.74, 6) is 0.123. The van der Waals surface area contributed by atoms with E-state index in [0.717, 1.165) is 61.2 Å². The molecule has 2 amide bonds. The second-order valence-corrected chi connectivity index (χ2v) is 15.2. The Bertz CT molecular complexity index is 1040. The predicted octanol–water partition coefficient (Wildman–Crippen LogP) is 3.36. The van der Waals surface area contributed by atoms with Crippen molar-refractivity contribution < 1.29 is 14.3 Å². The molecule has 1 heterocycles. The quantitative estimate of drug-likeness (QED) is 0.317. The molecular weight excluding hydrogens is 507 g/mol. The SMILES string of the molecule is COCCC(=O)NC1CN(CCCCC2(C(=O)NCC(P)(P)P)c3ccccc3-c3ccccc32)C1. The number of amides is 2. The number of methoxy groups -OCH3 is 1. The van der Waals surface area contributed by atoms with Crippen molar-refractivity contribution in [2.24, 2.45) is 0 Å². The van der Waals surface area contributed by atoms with Gasteiger partial charge in [-0.1, -0.05) is 55.0 Å². The maximum absolute atomic E-state index is 14.0. The summed E-state index contributed by atoms with van der Waals surface area (Å²) in [5.41, 5.74) is 3.84. The van der Waals surface area contributed by atoms with E-state index in [0.29, 0.717) is 19.6 Å². The monoisotopic (exact) mass is 545 g/mol. The molecule has 2 aromatic rings. The van der Waals surface area contributed by atoms with Crippen LogP contribution in [0.3, 0.4) is 0 Å². The molecule has 1 fully saturated rings. The van der Waals surface area contributed by atoms with E-state index in [4.69, 9.17) is 4.74 Å².